The summed E-state index contributed by atoms with van der Waals surface area (Å²) in [6.45, 7) is 20.5. The van der Waals surface area contributed by atoms with Crippen molar-refractivity contribution < 1.29 is 74.5 Å². The van der Waals surface area contributed by atoms with E-state index in [9.17, 15) is 31.5 Å². The number of hydrogen-bond donors (Lipinski definition) is 4. The maximum atomic E-state index is 13.3. The molecule has 2 fully saturated rings. The number of epoxide rings is 1. The van der Waals surface area contributed by atoms with Crippen molar-refractivity contribution in [1.82, 2.24) is 20.2 Å². The van der Waals surface area contributed by atoms with Crippen LogP contribution in [0.15, 0.2) is 119 Å². The summed E-state index contributed by atoms with van der Waals surface area (Å²) in [7, 11) is -4.99. The minimum Gasteiger partial charge on any atom is -0.497 e. The molecular weight excluding hydrogens is 1040 g/mol. The molecule has 2 heterocycles. The Labute approximate surface area is 456 Å². The Morgan fingerprint density at radius 1 is 0.662 bits per heavy atom. The normalized spacial score (nSPS) is 16.2. The van der Waals surface area contributed by atoms with Crippen LogP contribution in [0.5, 0.6) is 11.5 Å². The zero-order valence-corrected chi connectivity index (χ0v) is 48.2. The number of benzene rings is 4. The highest BCUT2D eigenvalue weighted by Gasteiger charge is 2.36. The number of alkyl carbamates (subject to hydrolysis) is 2. The van der Waals surface area contributed by atoms with Gasteiger partial charge in [-0.05, 0) is 154 Å². The fourth-order valence-electron chi connectivity index (χ4n) is 6.34. The molecule has 22 heteroatoms. The quantitative estimate of drug-likeness (QED) is 0.0326. The van der Waals surface area contributed by atoms with Crippen molar-refractivity contribution >= 4 is 32.2 Å². The van der Waals surface area contributed by atoms with Gasteiger partial charge in [-0.1, -0.05) is 79.4 Å². The monoisotopic (exact) mass is 1120 g/mol. The van der Waals surface area contributed by atoms with Gasteiger partial charge in [-0.2, -0.15) is 0 Å². The largest absolute Gasteiger partial charge is 0.497 e. The van der Waals surface area contributed by atoms with E-state index in [1.807, 2.05) is 71.0 Å². The smallest absolute Gasteiger partial charge is 0.408 e. The van der Waals surface area contributed by atoms with E-state index in [4.69, 9.17) is 42.9 Å². The highest BCUT2D eigenvalue weighted by molar-refractivity contribution is 7.89. The third-order valence-electron chi connectivity index (χ3n) is 10.9. The lowest BCUT2D eigenvalue weighted by Gasteiger charge is -2.30. The van der Waals surface area contributed by atoms with Crippen LogP contribution in [0, 0.1) is 0 Å². The summed E-state index contributed by atoms with van der Waals surface area (Å²) in [6, 6.07) is 29.7. The fraction of sp³-hybridized carbons (Fsp3) is 0.527. The first-order valence-corrected chi connectivity index (χ1v) is 28.5. The topological polar surface area (TPSA) is 248 Å². The lowest BCUT2D eigenvalue weighted by atomic mass is 10.0. The SMILES string of the molecule is C1CCOC1.CC(C)(C)OC(=O)NC(Cc1ccccc1)C1CO1.CCC(C)ON(O[C@@H](O)[C@H](Cc1ccccc1)NC(=O)OC(C)(C)C)S(=O)(=O)c1ccc(OC)cc1.CCC(C)ONS(=O)(=O)c1ccc(OC)cc1. The standard InChI is InChI=1S/C25H36N2O8S.C15H21NO3.C11H17NO4S.C4H8O/c1-7-18(2)34-27(36(30,31)21-15-13-20(32-6)14-16-21)35-23(28)22(17-19-11-9-8-10-12-19)26-24(29)33-25(3,4)5;1-15(2,3)19-14(17)16-12(13-10-18-13)9-11-7-5-4-6-8-11;1-4-9(2)16-12-17(13,14)11-7-5-10(15-3)6-8-11;1-2-4-5-3-1/h8-16,18,22-23,28H,7,17H2,1-6H3,(H,26,29);4-8,12-13H,9-10H2,1-3H3,(H,16,17);5-9,12H,4H2,1-3H3;1-4H2/t18?,22-,23+;;;/m0.../s1. The van der Waals surface area contributed by atoms with Crippen molar-refractivity contribution in [1.29, 1.82) is 0 Å². The maximum Gasteiger partial charge on any atom is 0.408 e. The van der Waals surface area contributed by atoms with Crippen LogP contribution < -0.4 is 25.0 Å². The summed E-state index contributed by atoms with van der Waals surface area (Å²) in [5, 5.41) is 16.4. The Kier molecular flexibility index (Phi) is 27.8. The van der Waals surface area contributed by atoms with Gasteiger partial charge in [-0.25, -0.2) is 31.3 Å². The minimum atomic E-state index is -4.36. The Morgan fingerprint density at radius 2 is 1.12 bits per heavy atom. The number of methoxy groups -OCH3 is 2. The van der Waals surface area contributed by atoms with Gasteiger partial charge in [0, 0.05) is 13.2 Å². The van der Waals surface area contributed by atoms with E-state index < -0.39 is 55.8 Å². The number of aliphatic hydroxyl groups excluding tert-OH is 1. The van der Waals surface area contributed by atoms with Crippen molar-refractivity contribution in [2.24, 2.45) is 0 Å². The van der Waals surface area contributed by atoms with Crippen molar-refractivity contribution in [2.75, 3.05) is 34.0 Å². The Hall–Kier alpha value is -5.40. The Bertz CT molecular complexity index is 2520. The third kappa shape index (κ3) is 26.2. The summed E-state index contributed by atoms with van der Waals surface area (Å²) in [4.78, 5) is 42.3. The van der Waals surface area contributed by atoms with Crippen molar-refractivity contribution in [3.05, 3.63) is 120 Å². The molecule has 4 N–H and O–H groups in total. The number of rotatable bonds is 22. The molecule has 2 aliphatic heterocycles. The number of aliphatic hydroxyl groups is 1. The number of amides is 2. The van der Waals surface area contributed by atoms with E-state index in [2.05, 4.69) is 15.5 Å². The molecule has 430 valence electrons. The van der Waals surface area contributed by atoms with Crippen LogP contribution in [0.1, 0.15) is 106 Å². The average molecular weight is 1120 g/mol. The molecule has 0 aliphatic carbocycles. The highest BCUT2D eigenvalue weighted by Crippen LogP contribution is 2.24. The molecule has 2 amide bonds. The van der Waals surface area contributed by atoms with E-state index in [0.717, 1.165) is 31.6 Å². The number of ether oxygens (including phenoxy) is 6. The van der Waals surface area contributed by atoms with Gasteiger partial charge in [0.05, 0.1) is 59.5 Å². The zero-order chi connectivity index (χ0) is 57.2. The van der Waals surface area contributed by atoms with Crippen LogP contribution >= 0.6 is 0 Å². The molecule has 0 saturated carbocycles. The number of nitrogens with one attached hydrogen (secondary N) is 3. The molecular formula is C55H82N4O16S2. The summed E-state index contributed by atoms with van der Waals surface area (Å²) in [6.07, 6.45) is 1.03. The molecule has 0 spiro atoms. The molecule has 0 bridgehead atoms. The molecule has 77 heavy (non-hydrogen) atoms. The van der Waals surface area contributed by atoms with Crippen LogP contribution in [0.3, 0.4) is 0 Å². The van der Waals surface area contributed by atoms with Crippen molar-refractivity contribution in [3.8, 4) is 11.5 Å². The number of hydrogen-bond acceptors (Lipinski definition) is 16. The number of nitrogens with zero attached hydrogens (tertiary/aromatic N) is 1. The zero-order valence-electron chi connectivity index (χ0n) is 46.6. The average Bonchev–Trinajstić information content (AvgIpc) is 4.06. The van der Waals surface area contributed by atoms with Crippen molar-refractivity contribution in [3.63, 3.8) is 0 Å². The maximum absolute atomic E-state index is 13.3. The van der Waals surface area contributed by atoms with Gasteiger partial charge < -0.3 is 44.2 Å². The van der Waals surface area contributed by atoms with Gasteiger partial charge in [-0.15, -0.1) is 0 Å². The first-order valence-electron chi connectivity index (χ1n) is 25.6. The number of sulfonamides is 2. The van der Waals surface area contributed by atoms with Gasteiger partial charge >= 0.3 is 12.2 Å². The molecule has 2 aliphatic rings. The van der Waals surface area contributed by atoms with Crippen LogP contribution in [0.4, 0.5) is 9.59 Å². The summed E-state index contributed by atoms with van der Waals surface area (Å²) in [5.41, 5.74) is 0.690. The van der Waals surface area contributed by atoms with Gasteiger partial charge in [0.25, 0.3) is 20.0 Å². The molecule has 0 aromatic heterocycles. The second-order valence-corrected chi connectivity index (χ2v) is 23.2. The second kappa shape index (κ2) is 32.5. The summed E-state index contributed by atoms with van der Waals surface area (Å²) in [5.74, 6) is 1.07. The molecule has 6 rings (SSSR count). The van der Waals surface area contributed by atoms with E-state index in [1.165, 1.54) is 69.0 Å². The number of carbonyl (C=O) groups is 2. The van der Waals surface area contributed by atoms with E-state index in [-0.39, 0.29) is 40.6 Å². The van der Waals surface area contributed by atoms with E-state index >= 15 is 0 Å². The predicted molar refractivity (Wildman–Crippen MR) is 291 cm³/mol. The van der Waals surface area contributed by atoms with Crippen LogP contribution in [0.25, 0.3) is 0 Å². The van der Waals surface area contributed by atoms with Crippen molar-refractivity contribution in [2.45, 2.75) is 165 Å². The third-order valence-corrected chi connectivity index (χ3v) is 13.5. The van der Waals surface area contributed by atoms with Gasteiger partial charge in [-0.3, -0.25) is 9.68 Å². The van der Waals surface area contributed by atoms with Gasteiger partial charge in [0.1, 0.15) is 28.8 Å². The number of carbonyl (C=O) groups excluding carboxylic acids is 2. The first-order chi connectivity index (χ1) is 36.3. The lowest BCUT2D eigenvalue weighted by Crippen LogP contribution is -2.50. The van der Waals surface area contributed by atoms with Crippen LogP contribution in [-0.2, 0) is 66.3 Å². The molecule has 4 aromatic carbocycles. The van der Waals surface area contributed by atoms with E-state index in [1.54, 1.807) is 71.0 Å². The molecule has 0 radical (unpaired) electrons. The Morgan fingerprint density at radius 3 is 1.53 bits per heavy atom. The summed E-state index contributed by atoms with van der Waals surface area (Å²) >= 11 is 0. The molecule has 20 nitrogen and oxygen atoms in total. The molecule has 6 atom stereocenters. The first kappa shape index (κ1) is 65.9. The highest BCUT2D eigenvalue weighted by atomic mass is 32.2. The summed E-state index contributed by atoms with van der Waals surface area (Å²) < 4.78 is 81.4. The fourth-order valence-corrected chi connectivity index (χ4v) is 8.33. The predicted octanol–water partition coefficient (Wildman–Crippen LogP) is 8.82. The van der Waals surface area contributed by atoms with Crippen LogP contribution in [0.2, 0.25) is 0 Å². The molecule has 2 saturated heterocycles. The van der Waals surface area contributed by atoms with Crippen LogP contribution in [-0.4, -0.2) is 121 Å². The molecule has 4 aromatic rings. The van der Waals surface area contributed by atoms with Gasteiger partial charge in [0.15, 0.2) is 6.29 Å². The minimum absolute atomic E-state index is 0.0303. The van der Waals surface area contributed by atoms with E-state index in [0.29, 0.717) is 29.2 Å². The van der Waals surface area contributed by atoms with Gasteiger partial charge in [0.2, 0.25) is 0 Å². The second-order valence-electron chi connectivity index (χ2n) is 19.9. The Balaban J connectivity index is 0.000000316. The lowest BCUT2D eigenvalue weighted by molar-refractivity contribution is -0.373. The molecule has 4 unspecified atom stereocenters.